The number of benzene rings is 1. The Morgan fingerprint density at radius 2 is 1.81 bits per heavy atom. The lowest BCUT2D eigenvalue weighted by atomic mass is 10.0. The molecule has 2 amide bonds. The van der Waals surface area contributed by atoms with Crippen molar-refractivity contribution in [3.05, 3.63) is 59.7 Å². The summed E-state index contributed by atoms with van der Waals surface area (Å²) in [5, 5.41) is 15.7. The van der Waals surface area contributed by atoms with Crippen LogP contribution in [0.15, 0.2) is 42.7 Å². The van der Waals surface area contributed by atoms with Gasteiger partial charge in [0.1, 0.15) is 0 Å². The number of likely N-dealkylation sites (tertiary alicyclic amines) is 1. The van der Waals surface area contributed by atoms with E-state index in [1.165, 1.54) is 0 Å². The minimum absolute atomic E-state index is 0.0414. The van der Waals surface area contributed by atoms with E-state index in [0.717, 1.165) is 24.2 Å². The van der Waals surface area contributed by atoms with Crippen molar-refractivity contribution < 1.29 is 9.59 Å². The van der Waals surface area contributed by atoms with Crippen LogP contribution >= 0.6 is 0 Å². The Hall–Kier alpha value is -3.49. The largest absolute Gasteiger partial charge is 0.349 e. The summed E-state index contributed by atoms with van der Waals surface area (Å²) in [6.07, 6.45) is 6.80. The fourth-order valence-corrected chi connectivity index (χ4v) is 4.11. The molecule has 3 heterocycles. The summed E-state index contributed by atoms with van der Waals surface area (Å²) >= 11 is 0. The number of hydrogen-bond acceptors (Lipinski definition) is 5. The number of aromatic nitrogens is 5. The zero-order valence-electron chi connectivity index (χ0n) is 17.4. The van der Waals surface area contributed by atoms with Gasteiger partial charge in [0, 0.05) is 38.3 Å². The molecule has 0 unspecified atom stereocenters. The highest BCUT2D eigenvalue weighted by Gasteiger charge is 2.36. The van der Waals surface area contributed by atoms with E-state index in [1.807, 2.05) is 39.9 Å². The first-order chi connectivity index (χ1) is 15.1. The second-order valence-electron chi connectivity index (χ2n) is 8.29. The van der Waals surface area contributed by atoms with Crippen LogP contribution in [0, 0.1) is 0 Å². The van der Waals surface area contributed by atoms with Gasteiger partial charge in [0.2, 0.25) is 0 Å². The molecule has 0 atom stereocenters. The molecule has 1 aliphatic carbocycles. The number of carbonyl (C=O) groups is 2. The van der Waals surface area contributed by atoms with E-state index in [2.05, 4.69) is 20.7 Å². The molecule has 9 nitrogen and oxygen atoms in total. The summed E-state index contributed by atoms with van der Waals surface area (Å²) < 4.78 is 3.42. The first kappa shape index (κ1) is 19.5. The normalized spacial score (nSPS) is 17.0. The maximum absolute atomic E-state index is 13.3. The molecule has 5 rings (SSSR count). The Morgan fingerprint density at radius 1 is 1.06 bits per heavy atom. The third-order valence-electron chi connectivity index (χ3n) is 5.96. The number of nitrogens with zero attached hydrogens (tertiary/aromatic N) is 6. The molecule has 0 spiro atoms. The molecule has 2 aromatic heterocycles. The summed E-state index contributed by atoms with van der Waals surface area (Å²) in [6, 6.07) is 9.87. The molecular weight excluding hydrogens is 394 g/mol. The van der Waals surface area contributed by atoms with Gasteiger partial charge in [0.25, 0.3) is 11.8 Å². The van der Waals surface area contributed by atoms with E-state index in [4.69, 9.17) is 0 Å². The summed E-state index contributed by atoms with van der Waals surface area (Å²) in [5.41, 5.74) is 2.85. The molecule has 0 radical (unpaired) electrons. The molecule has 9 heteroatoms. The van der Waals surface area contributed by atoms with Gasteiger partial charge in [-0.25, -0.2) is 4.68 Å². The molecule has 1 aliphatic heterocycles. The number of amides is 2. The Kier molecular flexibility index (Phi) is 5.01. The van der Waals surface area contributed by atoms with Crippen molar-refractivity contribution in [2.75, 3.05) is 13.1 Å². The molecule has 0 bridgehead atoms. The van der Waals surface area contributed by atoms with Crippen LogP contribution in [0.25, 0.3) is 5.69 Å². The van der Waals surface area contributed by atoms with Crippen molar-refractivity contribution in [3.8, 4) is 5.69 Å². The number of carbonyl (C=O) groups excluding carboxylic acids is 2. The SMILES string of the molecule is Cn1cc(C(=O)NC2CCN(C(=O)c3nnn(-c4ccccc4)c3C3CC3)CC2)cn1. The average molecular weight is 419 g/mol. The molecule has 160 valence electrons. The first-order valence-electron chi connectivity index (χ1n) is 10.7. The van der Waals surface area contributed by atoms with Crippen LogP contribution in [0.1, 0.15) is 58.1 Å². The van der Waals surface area contributed by atoms with Gasteiger partial charge >= 0.3 is 0 Å². The Morgan fingerprint density at radius 3 is 2.45 bits per heavy atom. The minimum atomic E-state index is -0.125. The van der Waals surface area contributed by atoms with Gasteiger partial charge in [0.05, 0.1) is 23.1 Å². The minimum Gasteiger partial charge on any atom is -0.349 e. The van der Waals surface area contributed by atoms with E-state index >= 15 is 0 Å². The number of para-hydroxylation sites is 1. The van der Waals surface area contributed by atoms with Crippen LogP contribution in [0.3, 0.4) is 0 Å². The monoisotopic (exact) mass is 419 g/mol. The lowest BCUT2D eigenvalue weighted by Gasteiger charge is -2.32. The molecule has 1 aromatic carbocycles. The van der Waals surface area contributed by atoms with Crippen LogP contribution < -0.4 is 5.32 Å². The van der Waals surface area contributed by atoms with Crippen LogP contribution in [-0.4, -0.2) is 60.6 Å². The Labute approximate surface area is 180 Å². The van der Waals surface area contributed by atoms with Crippen LogP contribution in [0.4, 0.5) is 0 Å². The van der Waals surface area contributed by atoms with Gasteiger partial charge in [-0.05, 0) is 37.8 Å². The van der Waals surface area contributed by atoms with Gasteiger partial charge in [-0.1, -0.05) is 23.4 Å². The van der Waals surface area contributed by atoms with E-state index in [9.17, 15) is 9.59 Å². The fourth-order valence-electron chi connectivity index (χ4n) is 4.11. The Bertz CT molecular complexity index is 1090. The zero-order valence-corrected chi connectivity index (χ0v) is 17.4. The highest BCUT2D eigenvalue weighted by molar-refractivity contribution is 5.94. The molecule has 31 heavy (non-hydrogen) atoms. The maximum Gasteiger partial charge on any atom is 0.276 e. The van der Waals surface area contributed by atoms with Crippen LogP contribution in [0.5, 0.6) is 0 Å². The highest BCUT2D eigenvalue weighted by atomic mass is 16.2. The zero-order chi connectivity index (χ0) is 21.4. The highest BCUT2D eigenvalue weighted by Crippen LogP contribution is 2.42. The second-order valence-corrected chi connectivity index (χ2v) is 8.29. The quantitative estimate of drug-likeness (QED) is 0.681. The van der Waals surface area contributed by atoms with Crippen molar-refractivity contribution in [1.29, 1.82) is 0 Å². The van der Waals surface area contributed by atoms with Gasteiger partial charge in [-0.3, -0.25) is 14.3 Å². The molecule has 1 saturated heterocycles. The summed E-state index contributed by atoms with van der Waals surface area (Å²) in [4.78, 5) is 27.5. The van der Waals surface area contributed by atoms with Crippen molar-refractivity contribution in [3.63, 3.8) is 0 Å². The molecule has 1 saturated carbocycles. The molecular formula is C22H25N7O2. The second kappa shape index (κ2) is 7.98. The number of hydrogen-bond donors (Lipinski definition) is 1. The van der Waals surface area contributed by atoms with Crippen molar-refractivity contribution >= 4 is 11.8 Å². The summed E-state index contributed by atoms with van der Waals surface area (Å²) in [7, 11) is 1.78. The molecule has 2 fully saturated rings. The first-order valence-corrected chi connectivity index (χ1v) is 10.7. The number of piperidine rings is 1. The smallest absolute Gasteiger partial charge is 0.276 e. The van der Waals surface area contributed by atoms with E-state index < -0.39 is 0 Å². The van der Waals surface area contributed by atoms with Gasteiger partial charge in [0.15, 0.2) is 5.69 Å². The third kappa shape index (κ3) is 3.95. The standard InChI is InChI=1S/C22H25N7O2/c1-27-14-16(13-23-27)21(30)24-17-9-11-28(12-10-17)22(31)19-20(15-7-8-15)29(26-25-19)18-5-3-2-4-6-18/h2-6,13-15,17H,7-12H2,1H3,(H,24,30). The Balaban J connectivity index is 1.26. The summed E-state index contributed by atoms with van der Waals surface area (Å²) in [5.74, 6) is 0.145. The third-order valence-corrected chi connectivity index (χ3v) is 5.96. The number of aryl methyl sites for hydroxylation is 1. The molecule has 2 aliphatic rings. The number of rotatable bonds is 5. The van der Waals surface area contributed by atoms with Crippen molar-refractivity contribution in [2.45, 2.75) is 37.6 Å². The summed E-state index contributed by atoms with van der Waals surface area (Å²) in [6.45, 7) is 1.16. The molecule has 3 aromatic rings. The van der Waals surface area contributed by atoms with Gasteiger partial charge in [-0.15, -0.1) is 5.10 Å². The van der Waals surface area contributed by atoms with E-state index in [0.29, 0.717) is 43.1 Å². The number of nitrogens with one attached hydrogen (secondary N) is 1. The van der Waals surface area contributed by atoms with Crippen molar-refractivity contribution in [2.24, 2.45) is 7.05 Å². The van der Waals surface area contributed by atoms with Crippen LogP contribution in [0.2, 0.25) is 0 Å². The fraction of sp³-hybridized carbons (Fsp3) is 0.409. The lowest BCUT2D eigenvalue weighted by Crippen LogP contribution is -2.46. The molecule has 1 N–H and O–H groups in total. The topological polar surface area (TPSA) is 97.9 Å². The predicted molar refractivity (Wildman–Crippen MR) is 113 cm³/mol. The van der Waals surface area contributed by atoms with Crippen LogP contribution in [-0.2, 0) is 7.05 Å². The lowest BCUT2D eigenvalue weighted by molar-refractivity contribution is 0.0691. The maximum atomic E-state index is 13.3. The average Bonchev–Trinajstić information content (AvgIpc) is 3.38. The van der Waals surface area contributed by atoms with Crippen molar-refractivity contribution in [1.82, 2.24) is 35.0 Å². The van der Waals surface area contributed by atoms with Gasteiger partial charge in [-0.2, -0.15) is 5.10 Å². The predicted octanol–water partition coefficient (Wildman–Crippen LogP) is 1.91. The van der Waals surface area contributed by atoms with E-state index in [-0.39, 0.29) is 17.9 Å². The van der Waals surface area contributed by atoms with E-state index in [1.54, 1.807) is 24.1 Å². The van der Waals surface area contributed by atoms with Gasteiger partial charge < -0.3 is 10.2 Å².